The predicted octanol–water partition coefficient (Wildman–Crippen LogP) is 3.21. The molecule has 3 heteroatoms. The van der Waals surface area contributed by atoms with Gasteiger partial charge in [0.2, 0.25) is 0 Å². The normalized spacial score (nSPS) is 27.2. The fraction of sp³-hybridized carbons (Fsp3) is 0.350. The molecule has 0 aromatic heterocycles. The standard InChI is InChI=1S/C20H20O3/c1-20(19(22)23-11-10-21)12-17-13-6-2-4-8-15(13)18(20)16-9-5-3-7-14(16)17/h2-9,17-18,21H,10-12H2,1H3. The first-order chi connectivity index (χ1) is 11.2. The lowest BCUT2D eigenvalue weighted by atomic mass is 9.53. The molecule has 23 heavy (non-hydrogen) atoms. The molecule has 2 aromatic carbocycles. The van der Waals surface area contributed by atoms with Crippen LogP contribution >= 0.6 is 0 Å². The Labute approximate surface area is 135 Å². The highest BCUT2D eigenvalue weighted by Gasteiger charge is 2.54. The maximum Gasteiger partial charge on any atom is 0.312 e. The highest BCUT2D eigenvalue weighted by molar-refractivity contribution is 5.81. The van der Waals surface area contributed by atoms with Gasteiger partial charge in [-0.2, -0.15) is 0 Å². The van der Waals surface area contributed by atoms with Crippen LogP contribution in [0.15, 0.2) is 48.5 Å². The van der Waals surface area contributed by atoms with Crippen LogP contribution in [0.3, 0.4) is 0 Å². The zero-order valence-electron chi connectivity index (χ0n) is 13.2. The molecule has 0 amide bonds. The van der Waals surface area contributed by atoms with Crippen molar-refractivity contribution in [2.45, 2.75) is 25.2 Å². The second kappa shape index (κ2) is 5.20. The van der Waals surface area contributed by atoms with Crippen molar-refractivity contribution in [1.29, 1.82) is 0 Å². The first-order valence-corrected chi connectivity index (χ1v) is 8.12. The molecule has 3 aliphatic rings. The van der Waals surface area contributed by atoms with Gasteiger partial charge in [-0.3, -0.25) is 4.79 Å². The third-order valence-corrected chi connectivity index (χ3v) is 5.42. The van der Waals surface area contributed by atoms with Crippen LogP contribution in [0.4, 0.5) is 0 Å². The van der Waals surface area contributed by atoms with E-state index in [1.54, 1.807) is 0 Å². The SMILES string of the molecule is CC1(C(=O)OCCO)CC2c3ccccc3C1c1ccccc12. The van der Waals surface area contributed by atoms with Gasteiger partial charge < -0.3 is 9.84 Å². The minimum atomic E-state index is -0.581. The number of fused-ring (bicyclic) bond motifs is 1. The summed E-state index contributed by atoms with van der Waals surface area (Å²) in [6, 6.07) is 16.9. The van der Waals surface area contributed by atoms with Crippen LogP contribution in [0.2, 0.25) is 0 Å². The summed E-state index contributed by atoms with van der Waals surface area (Å²) in [5.41, 5.74) is 4.58. The Kier molecular flexibility index (Phi) is 3.27. The molecule has 0 spiro atoms. The van der Waals surface area contributed by atoms with Crippen LogP contribution in [-0.4, -0.2) is 24.3 Å². The van der Waals surface area contributed by atoms with Gasteiger partial charge in [-0.05, 0) is 35.6 Å². The van der Waals surface area contributed by atoms with E-state index in [2.05, 4.69) is 36.4 Å². The van der Waals surface area contributed by atoms with Crippen LogP contribution in [0, 0.1) is 5.41 Å². The van der Waals surface area contributed by atoms with E-state index in [-0.39, 0.29) is 31.0 Å². The fourth-order valence-corrected chi connectivity index (χ4v) is 4.47. The van der Waals surface area contributed by atoms with Crippen LogP contribution < -0.4 is 0 Å². The summed E-state index contributed by atoms with van der Waals surface area (Å²) in [5.74, 6) is 0.0516. The van der Waals surface area contributed by atoms with Crippen LogP contribution in [0.1, 0.15) is 47.4 Å². The summed E-state index contributed by atoms with van der Waals surface area (Å²) in [7, 11) is 0. The molecule has 1 unspecified atom stereocenters. The van der Waals surface area contributed by atoms with E-state index >= 15 is 0 Å². The van der Waals surface area contributed by atoms with E-state index in [0.29, 0.717) is 0 Å². The van der Waals surface area contributed by atoms with Crippen molar-refractivity contribution in [3.8, 4) is 0 Å². The summed E-state index contributed by atoms with van der Waals surface area (Å²) in [6.45, 7) is 1.94. The molecule has 5 rings (SSSR count). The summed E-state index contributed by atoms with van der Waals surface area (Å²) in [6.07, 6.45) is 0.760. The van der Waals surface area contributed by atoms with Crippen LogP contribution in [-0.2, 0) is 9.53 Å². The molecule has 0 saturated carbocycles. The third-order valence-electron chi connectivity index (χ3n) is 5.42. The summed E-state index contributed by atoms with van der Waals surface area (Å²) in [4.78, 5) is 12.8. The lowest BCUT2D eigenvalue weighted by molar-refractivity contribution is -0.158. The maximum atomic E-state index is 12.8. The number of esters is 1. The predicted molar refractivity (Wildman–Crippen MR) is 87.3 cm³/mol. The molecule has 0 fully saturated rings. The van der Waals surface area contributed by atoms with Crippen molar-refractivity contribution in [2.75, 3.05) is 13.2 Å². The molecule has 1 atom stereocenters. The van der Waals surface area contributed by atoms with Gasteiger partial charge in [-0.1, -0.05) is 48.5 Å². The first kappa shape index (κ1) is 14.5. The molecule has 0 heterocycles. The molecular formula is C20H20O3. The van der Waals surface area contributed by atoms with E-state index in [0.717, 1.165) is 6.42 Å². The van der Waals surface area contributed by atoms with Crippen LogP contribution in [0.25, 0.3) is 0 Å². The fourth-order valence-electron chi connectivity index (χ4n) is 4.47. The number of rotatable bonds is 3. The summed E-state index contributed by atoms with van der Waals surface area (Å²) in [5, 5.41) is 8.97. The minimum Gasteiger partial charge on any atom is -0.463 e. The average molecular weight is 308 g/mol. The Morgan fingerprint density at radius 3 is 2.13 bits per heavy atom. The molecule has 118 valence electrons. The van der Waals surface area contributed by atoms with Crippen molar-refractivity contribution in [1.82, 2.24) is 0 Å². The zero-order chi connectivity index (χ0) is 16.0. The van der Waals surface area contributed by atoms with Gasteiger partial charge in [-0.15, -0.1) is 0 Å². The molecular weight excluding hydrogens is 288 g/mol. The number of aliphatic hydroxyl groups is 1. The number of carbonyl (C=O) groups is 1. The van der Waals surface area contributed by atoms with E-state index in [1.165, 1.54) is 22.3 Å². The monoisotopic (exact) mass is 308 g/mol. The molecule has 0 saturated heterocycles. The number of carbonyl (C=O) groups excluding carboxylic acids is 1. The number of ether oxygens (including phenoxy) is 1. The number of aliphatic hydroxyl groups excluding tert-OH is 1. The largest absolute Gasteiger partial charge is 0.463 e. The number of benzene rings is 2. The number of hydrogen-bond acceptors (Lipinski definition) is 3. The van der Waals surface area contributed by atoms with E-state index in [4.69, 9.17) is 9.84 Å². The Bertz CT molecular complexity index is 719. The van der Waals surface area contributed by atoms with E-state index in [1.807, 2.05) is 19.1 Å². The average Bonchev–Trinajstić information content (AvgIpc) is 2.59. The van der Waals surface area contributed by atoms with Gasteiger partial charge in [0.25, 0.3) is 0 Å². The zero-order valence-corrected chi connectivity index (χ0v) is 13.2. The van der Waals surface area contributed by atoms with E-state index < -0.39 is 5.41 Å². The Hall–Kier alpha value is -2.13. The smallest absolute Gasteiger partial charge is 0.312 e. The third kappa shape index (κ3) is 1.96. The number of hydrogen-bond donors (Lipinski definition) is 1. The van der Waals surface area contributed by atoms with Crippen molar-refractivity contribution in [3.05, 3.63) is 70.8 Å². The first-order valence-electron chi connectivity index (χ1n) is 8.12. The second-order valence-corrected chi connectivity index (χ2v) is 6.72. The summed E-state index contributed by atoms with van der Waals surface area (Å²) >= 11 is 0. The van der Waals surface area contributed by atoms with Gasteiger partial charge in [0.15, 0.2) is 0 Å². The molecule has 0 aliphatic heterocycles. The van der Waals surface area contributed by atoms with Crippen molar-refractivity contribution >= 4 is 5.97 Å². The van der Waals surface area contributed by atoms with Crippen molar-refractivity contribution in [2.24, 2.45) is 5.41 Å². The summed E-state index contributed by atoms with van der Waals surface area (Å²) < 4.78 is 5.33. The lowest BCUT2D eigenvalue weighted by Crippen LogP contribution is -2.45. The van der Waals surface area contributed by atoms with Gasteiger partial charge in [0.05, 0.1) is 12.0 Å². The van der Waals surface area contributed by atoms with Gasteiger partial charge in [0, 0.05) is 11.8 Å². The molecule has 3 nitrogen and oxygen atoms in total. The maximum absolute atomic E-state index is 12.8. The molecule has 0 radical (unpaired) electrons. The van der Waals surface area contributed by atoms with Gasteiger partial charge in [0.1, 0.15) is 6.61 Å². The Balaban J connectivity index is 1.87. The topological polar surface area (TPSA) is 46.5 Å². The Morgan fingerprint density at radius 2 is 1.61 bits per heavy atom. The second-order valence-electron chi connectivity index (χ2n) is 6.72. The molecule has 2 aromatic rings. The molecule has 3 aliphatic carbocycles. The van der Waals surface area contributed by atoms with Gasteiger partial charge in [-0.25, -0.2) is 0 Å². The molecule has 2 bridgehead atoms. The lowest BCUT2D eigenvalue weighted by Gasteiger charge is -2.50. The Morgan fingerprint density at radius 1 is 1.09 bits per heavy atom. The van der Waals surface area contributed by atoms with Crippen molar-refractivity contribution in [3.63, 3.8) is 0 Å². The van der Waals surface area contributed by atoms with Crippen LogP contribution in [0.5, 0.6) is 0 Å². The highest BCUT2D eigenvalue weighted by Crippen LogP contribution is 2.61. The minimum absolute atomic E-state index is 0.0195. The van der Waals surface area contributed by atoms with Crippen molar-refractivity contribution < 1.29 is 14.6 Å². The highest BCUT2D eigenvalue weighted by atomic mass is 16.5. The van der Waals surface area contributed by atoms with Gasteiger partial charge >= 0.3 is 5.97 Å². The van der Waals surface area contributed by atoms with E-state index in [9.17, 15) is 4.79 Å². The molecule has 1 N–H and O–H groups in total. The quantitative estimate of drug-likeness (QED) is 0.886.